The molecule has 0 heterocycles. The van der Waals surface area contributed by atoms with Gasteiger partial charge in [-0.3, -0.25) is 0 Å². The normalized spacial score (nSPS) is 15.0. The fourth-order valence-electron chi connectivity index (χ4n) is 2.15. The minimum Gasteiger partial charge on any atom is -0.465 e. The fraction of sp³-hybridized carbons (Fsp3) is 0.588. The molecule has 0 unspecified atom stereocenters. The Labute approximate surface area is 144 Å². The fourth-order valence-corrected chi connectivity index (χ4v) is 3.50. The zero-order chi connectivity index (χ0) is 18.5. The van der Waals surface area contributed by atoms with Crippen molar-refractivity contribution in [3.63, 3.8) is 0 Å². The van der Waals surface area contributed by atoms with Crippen LogP contribution in [0.3, 0.4) is 0 Å². The van der Waals surface area contributed by atoms with Crippen LogP contribution < -0.4 is 5.32 Å². The Kier molecular flexibility index (Phi) is 6.94. The van der Waals surface area contributed by atoms with Crippen LogP contribution in [-0.4, -0.2) is 43.4 Å². The Morgan fingerprint density at radius 2 is 2.00 bits per heavy atom. The number of carbonyl (C=O) groups is 1. The molecule has 24 heavy (non-hydrogen) atoms. The number of benzene rings is 1. The maximum absolute atomic E-state index is 13.4. The van der Waals surface area contributed by atoms with E-state index in [4.69, 9.17) is 9.53 Å². The third kappa shape index (κ3) is 5.88. The van der Waals surface area contributed by atoms with Crippen LogP contribution in [0.4, 0.5) is 9.18 Å². The van der Waals surface area contributed by atoms with Crippen molar-refractivity contribution >= 4 is 14.4 Å². The van der Waals surface area contributed by atoms with Gasteiger partial charge in [-0.15, -0.1) is 0 Å². The van der Waals surface area contributed by atoms with Crippen molar-refractivity contribution in [2.75, 3.05) is 6.61 Å². The molecule has 2 atom stereocenters. The molecule has 0 aliphatic heterocycles. The molecule has 0 aliphatic carbocycles. The van der Waals surface area contributed by atoms with Crippen molar-refractivity contribution in [3.8, 4) is 0 Å². The Bertz CT molecular complexity index is 560. The van der Waals surface area contributed by atoms with E-state index in [-0.39, 0.29) is 23.9 Å². The quantitative estimate of drug-likeness (QED) is 0.654. The second kappa shape index (κ2) is 8.09. The summed E-state index contributed by atoms with van der Waals surface area (Å²) in [7, 11) is -2.20. The van der Waals surface area contributed by atoms with Crippen LogP contribution in [0.1, 0.15) is 26.3 Å². The van der Waals surface area contributed by atoms with Crippen molar-refractivity contribution in [2.24, 2.45) is 0 Å². The van der Waals surface area contributed by atoms with Gasteiger partial charge in [-0.25, -0.2) is 9.18 Å². The van der Waals surface area contributed by atoms with E-state index in [1.165, 1.54) is 12.1 Å². The molecule has 136 valence electrons. The predicted octanol–water partition coefficient (Wildman–Crippen LogP) is 3.39. The van der Waals surface area contributed by atoms with Gasteiger partial charge in [-0.2, -0.15) is 0 Å². The average molecular weight is 357 g/mol. The van der Waals surface area contributed by atoms with Crippen LogP contribution in [0.5, 0.6) is 0 Å². The smallest absolute Gasteiger partial charge is 0.404 e. The van der Waals surface area contributed by atoms with Crippen molar-refractivity contribution < 1.29 is 23.8 Å². The Morgan fingerprint density at radius 3 is 2.46 bits per heavy atom. The summed E-state index contributed by atoms with van der Waals surface area (Å²) >= 11 is 0. The van der Waals surface area contributed by atoms with Crippen LogP contribution in [-0.2, 0) is 10.8 Å². The molecule has 1 rings (SSSR count). The van der Waals surface area contributed by atoms with E-state index in [9.17, 15) is 14.3 Å². The summed E-state index contributed by atoms with van der Waals surface area (Å²) in [5, 5.41) is 21.2. The topological polar surface area (TPSA) is 78.8 Å². The second-order valence-corrected chi connectivity index (χ2v) is 12.2. The number of aliphatic hydroxyl groups is 1. The lowest BCUT2D eigenvalue weighted by Gasteiger charge is -2.41. The molecule has 0 saturated carbocycles. The van der Waals surface area contributed by atoms with E-state index in [0.29, 0.717) is 5.56 Å². The van der Waals surface area contributed by atoms with E-state index < -0.39 is 26.6 Å². The molecule has 0 bridgehead atoms. The van der Waals surface area contributed by atoms with Gasteiger partial charge in [0.05, 0.1) is 18.8 Å². The lowest BCUT2D eigenvalue weighted by Crippen LogP contribution is -2.53. The Balaban J connectivity index is 3.01. The monoisotopic (exact) mass is 357 g/mol. The van der Waals surface area contributed by atoms with Crippen LogP contribution in [0.25, 0.3) is 0 Å². The molecule has 1 amide bonds. The number of halogens is 1. The summed E-state index contributed by atoms with van der Waals surface area (Å²) in [5.41, 5.74) is 0.644. The number of amides is 1. The van der Waals surface area contributed by atoms with Gasteiger partial charge in [0.2, 0.25) is 0 Å². The van der Waals surface area contributed by atoms with Crippen molar-refractivity contribution in [2.45, 2.75) is 57.5 Å². The molecule has 0 saturated heterocycles. The van der Waals surface area contributed by atoms with E-state index in [1.54, 1.807) is 12.1 Å². The van der Waals surface area contributed by atoms with Gasteiger partial charge >= 0.3 is 6.09 Å². The van der Waals surface area contributed by atoms with Gasteiger partial charge in [-0.05, 0) is 42.2 Å². The van der Waals surface area contributed by atoms with Crippen molar-refractivity contribution in [1.29, 1.82) is 0 Å². The van der Waals surface area contributed by atoms with Gasteiger partial charge in [0.25, 0.3) is 0 Å². The first-order chi connectivity index (χ1) is 11.0. The number of hydrogen-bond acceptors (Lipinski definition) is 3. The third-order valence-electron chi connectivity index (χ3n) is 4.53. The summed E-state index contributed by atoms with van der Waals surface area (Å²) in [6.45, 7) is 9.97. The summed E-state index contributed by atoms with van der Waals surface area (Å²) in [5.74, 6) is -0.382. The maximum atomic E-state index is 13.4. The van der Waals surface area contributed by atoms with Crippen molar-refractivity contribution in [1.82, 2.24) is 5.32 Å². The van der Waals surface area contributed by atoms with Crippen LogP contribution in [0.2, 0.25) is 18.1 Å². The molecule has 0 radical (unpaired) electrons. The summed E-state index contributed by atoms with van der Waals surface area (Å²) < 4.78 is 19.6. The molecular formula is C17H28FNO4Si. The molecule has 0 spiro atoms. The zero-order valence-corrected chi connectivity index (χ0v) is 16.0. The highest BCUT2D eigenvalue weighted by Crippen LogP contribution is 2.37. The lowest BCUT2D eigenvalue weighted by atomic mass is 10.0. The molecule has 3 N–H and O–H groups in total. The largest absolute Gasteiger partial charge is 0.465 e. The van der Waals surface area contributed by atoms with Gasteiger partial charge in [0.15, 0.2) is 8.32 Å². The Morgan fingerprint density at radius 1 is 1.38 bits per heavy atom. The highest BCUT2D eigenvalue weighted by Gasteiger charge is 2.41. The Hall–Kier alpha value is -1.44. The van der Waals surface area contributed by atoms with E-state index >= 15 is 0 Å². The average Bonchev–Trinajstić information content (AvgIpc) is 2.42. The van der Waals surface area contributed by atoms with E-state index in [0.717, 1.165) is 0 Å². The minimum absolute atomic E-state index is 0.0763. The SMILES string of the molecule is CC(C)(C)[Si](C)(C)O[C@H](CO)[C@H](Cc1cccc(F)c1)NC(=O)O. The predicted molar refractivity (Wildman–Crippen MR) is 94.2 cm³/mol. The number of rotatable bonds is 7. The number of aliphatic hydroxyl groups excluding tert-OH is 1. The molecule has 0 aliphatic rings. The molecular weight excluding hydrogens is 329 g/mol. The molecule has 0 fully saturated rings. The van der Waals surface area contributed by atoms with Crippen molar-refractivity contribution in [3.05, 3.63) is 35.6 Å². The first-order valence-corrected chi connectivity index (χ1v) is 10.9. The van der Waals surface area contributed by atoms with Gasteiger partial charge in [-0.1, -0.05) is 32.9 Å². The number of hydrogen-bond donors (Lipinski definition) is 3. The molecule has 1 aromatic carbocycles. The number of nitrogens with one attached hydrogen (secondary N) is 1. The first kappa shape index (κ1) is 20.6. The molecule has 0 aromatic heterocycles. The molecule has 5 nitrogen and oxygen atoms in total. The summed E-state index contributed by atoms with van der Waals surface area (Å²) in [6.07, 6.45) is -1.65. The summed E-state index contributed by atoms with van der Waals surface area (Å²) in [6, 6.07) is 5.32. The second-order valence-electron chi connectivity index (χ2n) is 7.49. The highest BCUT2D eigenvalue weighted by atomic mass is 28.4. The van der Waals surface area contributed by atoms with Gasteiger partial charge in [0, 0.05) is 0 Å². The van der Waals surface area contributed by atoms with E-state index in [2.05, 4.69) is 26.1 Å². The van der Waals surface area contributed by atoms with Crippen LogP contribution >= 0.6 is 0 Å². The standard InChI is InChI=1S/C17H28FNO4Si/c1-17(2,3)24(4,5)23-15(11-20)14(19-16(21)22)10-12-7-6-8-13(18)9-12/h6-9,14-15,19-20H,10-11H2,1-5H3,(H,21,22)/t14-,15+/m0/s1. The van der Waals surface area contributed by atoms with Crippen LogP contribution in [0, 0.1) is 5.82 Å². The zero-order valence-electron chi connectivity index (χ0n) is 15.0. The van der Waals surface area contributed by atoms with E-state index in [1.807, 2.05) is 13.1 Å². The molecule has 7 heteroatoms. The summed E-state index contributed by atoms with van der Waals surface area (Å²) in [4.78, 5) is 11.1. The van der Waals surface area contributed by atoms with Crippen LogP contribution in [0.15, 0.2) is 24.3 Å². The minimum atomic E-state index is -2.20. The van der Waals surface area contributed by atoms with Gasteiger partial charge < -0.3 is 20.0 Å². The third-order valence-corrected chi connectivity index (χ3v) is 9.04. The maximum Gasteiger partial charge on any atom is 0.404 e. The number of carboxylic acid groups (broad SMARTS) is 1. The lowest BCUT2D eigenvalue weighted by molar-refractivity contribution is 0.0701. The first-order valence-electron chi connectivity index (χ1n) is 7.99. The molecule has 1 aromatic rings. The van der Waals surface area contributed by atoms with Gasteiger partial charge in [0.1, 0.15) is 5.82 Å². The highest BCUT2D eigenvalue weighted by molar-refractivity contribution is 6.74.